The van der Waals surface area contributed by atoms with Crippen molar-refractivity contribution in [3.05, 3.63) is 24.3 Å². The molecular weight excluding hydrogens is 717 g/mol. The third kappa shape index (κ3) is 11.1. The molecule has 0 spiro atoms. The molecule has 0 saturated heterocycles. The van der Waals surface area contributed by atoms with Gasteiger partial charge in [-0.15, -0.1) is 0 Å². The van der Waals surface area contributed by atoms with E-state index in [-0.39, 0.29) is 143 Å². The maximum absolute atomic E-state index is 11.9. The maximum Gasteiger partial charge on any atom is 1.00 e. The number of rotatable bonds is 11. The molecule has 48 heavy (non-hydrogen) atoms. The second-order valence-corrected chi connectivity index (χ2v) is 17.9. The molecule has 18 heteroatoms. The predicted octanol–water partition coefficient (Wildman–Crippen LogP) is -4.55. The van der Waals surface area contributed by atoms with E-state index in [1.54, 1.807) is 0 Å². The molecule has 0 radical (unpaired) electrons. The van der Waals surface area contributed by atoms with Crippen molar-refractivity contribution in [2.75, 3.05) is 0 Å². The van der Waals surface area contributed by atoms with Crippen LogP contribution in [0.15, 0.2) is 24.3 Å². The molecule has 12 nitrogen and oxygen atoms in total. The minimum Gasteiger partial charge on any atom is -0.726 e. The van der Waals surface area contributed by atoms with Gasteiger partial charge in [0.2, 0.25) is 31.2 Å². The molecule has 0 aliphatic heterocycles. The van der Waals surface area contributed by atoms with E-state index in [9.17, 15) is 38.9 Å². The van der Waals surface area contributed by atoms with Gasteiger partial charge in [-0.25, -0.2) is 25.3 Å². The second-order valence-electron chi connectivity index (χ2n) is 14.9. The van der Waals surface area contributed by atoms with Crippen LogP contribution in [-0.2, 0) is 43.7 Å². The molecule has 12 atom stereocenters. The fourth-order valence-electron chi connectivity index (χ4n) is 10.3. The van der Waals surface area contributed by atoms with Crippen molar-refractivity contribution >= 4 is 31.2 Å². The van der Waals surface area contributed by atoms with Gasteiger partial charge in [-0.1, -0.05) is 58.9 Å². The Morgan fingerprint density at radius 3 is 1.73 bits per heavy atom. The largest absolute Gasteiger partial charge is 1.00 e. The van der Waals surface area contributed by atoms with Crippen LogP contribution in [-0.4, -0.2) is 57.2 Å². The minimum absolute atomic E-state index is 0. The van der Waals surface area contributed by atoms with Crippen LogP contribution in [0.25, 0.3) is 0 Å². The number of fused-ring (bicyclic) bond motifs is 5. The van der Waals surface area contributed by atoms with Crippen LogP contribution < -0.4 is 88.7 Å². The van der Waals surface area contributed by atoms with Gasteiger partial charge in [-0.3, -0.25) is 12.5 Å². The molecular formula is C30H47Na3O12S3. The average Bonchev–Trinajstić information content (AvgIpc) is 3.19. The van der Waals surface area contributed by atoms with Crippen LogP contribution in [0, 0.1) is 58.2 Å². The van der Waals surface area contributed by atoms with Gasteiger partial charge in [0.1, 0.15) is 12.2 Å². The summed E-state index contributed by atoms with van der Waals surface area (Å²) >= 11 is 0. The van der Waals surface area contributed by atoms with E-state index in [4.69, 9.17) is 8.37 Å². The van der Waals surface area contributed by atoms with E-state index in [2.05, 4.69) is 50.6 Å². The Hall–Kier alpha value is 2.09. The molecule has 0 aromatic heterocycles. The first-order valence-corrected chi connectivity index (χ1v) is 19.7. The van der Waals surface area contributed by atoms with Crippen LogP contribution in [0.5, 0.6) is 0 Å². The quantitative estimate of drug-likeness (QED) is 0.0847. The SMILES string of the molecule is C=C(C)C(/C=C\[C@@H](C)[C@H]1CC[C@H]2[C@@H]3C[C@H](OS(=O)(=O)[O-])C4C[C@H](OS(=O)(=O)[O-])[C@@H](OS(=O)(=O)[O-])C[C@]4(C)[C@H]3CC[C@]12C)C(C)C.[Na+].[Na+].[Na+]. The van der Waals surface area contributed by atoms with E-state index in [0.29, 0.717) is 18.3 Å². The number of allylic oxidation sites excluding steroid dienone is 3. The molecule has 0 aromatic rings. The zero-order valence-corrected chi connectivity index (χ0v) is 38.2. The molecule has 4 rings (SSSR count). The molecule has 4 aliphatic carbocycles. The molecule has 0 heterocycles. The maximum atomic E-state index is 11.9. The van der Waals surface area contributed by atoms with Crippen molar-refractivity contribution in [3.8, 4) is 0 Å². The Morgan fingerprint density at radius 2 is 1.23 bits per heavy atom. The summed E-state index contributed by atoms with van der Waals surface area (Å²) in [6, 6.07) is 0. The third-order valence-electron chi connectivity index (χ3n) is 12.0. The first kappa shape index (κ1) is 48.1. The summed E-state index contributed by atoms with van der Waals surface area (Å²) in [4.78, 5) is 0. The summed E-state index contributed by atoms with van der Waals surface area (Å²) in [7, 11) is -15.9. The molecule has 0 bridgehead atoms. The Labute approximate surface area is 354 Å². The van der Waals surface area contributed by atoms with Crippen molar-refractivity contribution in [3.63, 3.8) is 0 Å². The van der Waals surface area contributed by atoms with Crippen LogP contribution in [0.2, 0.25) is 0 Å². The third-order valence-corrected chi connectivity index (χ3v) is 13.4. The van der Waals surface area contributed by atoms with Crippen molar-refractivity contribution in [1.29, 1.82) is 0 Å². The van der Waals surface area contributed by atoms with Crippen molar-refractivity contribution in [1.82, 2.24) is 0 Å². The van der Waals surface area contributed by atoms with E-state index in [0.717, 1.165) is 24.8 Å². The molecule has 0 amide bonds. The van der Waals surface area contributed by atoms with Crippen molar-refractivity contribution in [2.45, 2.75) is 105 Å². The standard InChI is InChI=1S/C30H50O12S3.3Na/c1-17(2)20(18(3)4)9-8-19(5)22-10-11-23-21-14-26(40-43(31,32)33)25-15-27(41-44(34,35)36)28(42-45(37,38)39)16-30(25,7)24(21)12-13-29(22,23)6;;;/h8-9,18-28H,1,10-16H2,2-7H3,(H,31,32,33)(H,34,35,36)(H,37,38,39);;;/q;3*+1/p-3/b9-8-;;;/t19-,20?,21+,22-,23+,24+,25?,26+,27+,28+,29-,30-;;;/m1.../s1. The van der Waals surface area contributed by atoms with E-state index in [1.165, 1.54) is 0 Å². The van der Waals surface area contributed by atoms with Crippen LogP contribution in [0.3, 0.4) is 0 Å². The fourth-order valence-corrected chi connectivity index (χ4v) is 11.8. The van der Waals surface area contributed by atoms with E-state index >= 15 is 0 Å². The summed E-state index contributed by atoms with van der Waals surface area (Å²) in [6.45, 7) is 16.9. The molecule has 260 valence electrons. The summed E-state index contributed by atoms with van der Waals surface area (Å²) in [5.74, 6) is 0.452. The topological polar surface area (TPSA) is 199 Å². The van der Waals surface area contributed by atoms with Crippen LogP contribution in [0.1, 0.15) is 86.5 Å². The predicted molar refractivity (Wildman–Crippen MR) is 161 cm³/mol. The van der Waals surface area contributed by atoms with Gasteiger partial charge < -0.3 is 13.7 Å². The Balaban J connectivity index is 0.00000384. The van der Waals surface area contributed by atoms with Gasteiger partial charge in [-0.2, -0.15) is 0 Å². The average molecular weight is 765 g/mol. The molecule has 4 aliphatic rings. The first-order chi connectivity index (χ1) is 20.4. The molecule has 4 saturated carbocycles. The fraction of sp³-hybridized carbons (Fsp3) is 0.867. The summed E-state index contributed by atoms with van der Waals surface area (Å²) in [5.41, 5.74) is 0.0854. The Bertz CT molecular complexity index is 1490. The Kier molecular flexibility index (Phi) is 17.7. The van der Waals surface area contributed by atoms with Crippen molar-refractivity contribution in [2.24, 2.45) is 58.2 Å². The van der Waals surface area contributed by atoms with Crippen LogP contribution >= 0.6 is 0 Å². The Morgan fingerprint density at radius 1 is 0.729 bits per heavy atom. The number of hydrogen-bond acceptors (Lipinski definition) is 12. The zero-order valence-electron chi connectivity index (χ0n) is 29.8. The van der Waals surface area contributed by atoms with Gasteiger partial charge in [0, 0.05) is 0 Å². The smallest absolute Gasteiger partial charge is 0.726 e. The van der Waals surface area contributed by atoms with Gasteiger partial charge in [0.15, 0.2) is 0 Å². The minimum atomic E-state index is -5.36. The zero-order chi connectivity index (χ0) is 33.9. The van der Waals surface area contributed by atoms with Crippen LogP contribution in [0.4, 0.5) is 0 Å². The summed E-state index contributed by atoms with van der Waals surface area (Å²) in [5, 5.41) is 0. The number of hydrogen-bond donors (Lipinski definition) is 0. The molecule has 4 fully saturated rings. The summed E-state index contributed by atoms with van der Waals surface area (Å²) < 4.78 is 120. The second kappa shape index (κ2) is 17.7. The van der Waals surface area contributed by atoms with E-state index in [1.807, 2.05) is 13.8 Å². The van der Waals surface area contributed by atoms with Gasteiger partial charge in [-0.05, 0) is 110 Å². The summed E-state index contributed by atoms with van der Waals surface area (Å²) in [6.07, 6.45) is 3.14. The first-order valence-electron chi connectivity index (χ1n) is 15.7. The van der Waals surface area contributed by atoms with Gasteiger partial charge in [0.05, 0.1) is 6.10 Å². The molecule has 0 aromatic carbocycles. The van der Waals surface area contributed by atoms with E-state index < -0.39 is 60.8 Å². The monoisotopic (exact) mass is 764 g/mol. The molecule has 0 N–H and O–H groups in total. The molecule has 2 unspecified atom stereocenters. The normalized spacial score (nSPS) is 38.0. The van der Waals surface area contributed by atoms with Gasteiger partial charge >= 0.3 is 88.7 Å². The van der Waals surface area contributed by atoms with Crippen molar-refractivity contribution < 1.29 is 140 Å². The van der Waals surface area contributed by atoms with Gasteiger partial charge in [0.25, 0.3) is 0 Å².